The fourth-order valence-corrected chi connectivity index (χ4v) is 4.78. The Bertz CT molecular complexity index is 937. The molecule has 3 rings (SSSR count). The van der Waals surface area contributed by atoms with Gasteiger partial charge in [0.1, 0.15) is 0 Å². The number of hydrogen-bond acceptors (Lipinski definition) is 3. The Hall–Kier alpha value is -1.12. The predicted octanol–water partition coefficient (Wildman–Crippen LogP) is 3.84. The van der Waals surface area contributed by atoms with Gasteiger partial charge in [0, 0.05) is 16.0 Å². The number of aromatic nitrogens is 2. The number of hydrogen-bond donors (Lipinski definition) is 0. The number of fused-ring (bicyclic) bond motifs is 1. The first-order valence-corrected chi connectivity index (χ1v) is 8.95. The Morgan fingerprint density at radius 2 is 1.90 bits per heavy atom. The van der Waals surface area contributed by atoms with E-state index in [0.29, 0.717) is 16.1 Å². The van der Waals surface area contributed by atoms with E-state index >= 15 is 0 Å². The van der Waals surface area contributed by atoms with E-state index in [2.05, 4.69) is 27.6 Å². The highest BCUT2D eigenvalue weighted by Gasteiger charge is 2.23. The lowest BCUT2D eigenvalue weighted by atomic mass is 10.2. The molecule has 0 aliphatic heterocycles. The summed E-state index contributed by atoms with van der Waals surface area (Å²) in [4.78, 5) is 4.47. The van der Waals surface area contributed by atoms with Crippen molar-refractivity contribution in [2.75, 3.05) is 0 Å². The van der Waals surface area contributed by atoms with E-state index < -0.39 is 10.0 Å². The number of pyridine rings is 1. The highest BCUT2D eigenvalue weighted by atomic mass is 127. The highest BCUT2D eigenvalue weighted by molar-refractivity contribution is 14.1. The third-order valence-corrected chi connectivity index (χ3v) is 6.12. The lowest BCUT2D eigenvalue weighted by Gasteiger charge is -2.07. The van der Waals surface area contributed by atoms with Crippen LogP contribution in [-0.4, -0.2) is 17.4 Å². The quantitative estimate of drug-likeness (QED) is 0.578. The number of halogens is 2. The van der Waals surface area contributed by atoms with Gasteiger partial charge in [-0.15, -0.1) is 0 Å². The average molecular weight is 433 g/mol. The fraction of sp³-hybridized carbons (Fsp3) is 0.0714. The van der Waals surface area contributed by atoms with E-state index in [1.807, 2.05) is 6.92 Å². The van der Waals surface area contributed by atoms with Crippen molar-refractivity contribution in [2.24, 2.45) is 0 Å². The molecule has 2 aromatic heterocycles. The van der Waals surface area contributed by atoms with Gasteiger partial charge in [0.2, 0.25) is 0 Å². The molecule has 0 spiro atoms. The highest BCUT2D eigenvalue weighted by Crippen LogP contribution is 2.32. The monoisotopic (exact) mass is 432 g/mol. The zero-order valence-corrected chi connectivity index (χ0v) is 14.6. The van der Waals surface area contributed by atoms with Gasteiger partial charge >= 0.3 is 0 Å². The largest absolute Gasteiger partial charge is 0.269 e. The lowest BCUT2D eigenvalue weighted by Crippen LogP contribution is -2.12. The van der Waals surface area contributed by atoms with Crippen molar-refractivity contribution in [1.82, 2.24) is 8.96 Å². The molecule has 0 N–H and O–H groups in total. The van der Waals surface area contributed by atoms with Gasteiger partial charge in [-0.25, -0.2) is 17.4 Å². The summed E-state index contributed by atoms with van der Waals surface area (Å²) in [5.74, 6) is 0. The van der Waals surface area contributed by atoms with Crippen LogP contribution in [0.2, 0.25) is 5.02 Å². The van der Waals surface area contributed by atoms with Crippen LogP contribution in [0.3, 0.4) is 0 Å². The predicted molar refractivity (Wildman–Crippen MR) is 91.2 cm³/mol. The zero-order chi connectivity index (χ0) is 15.2. The first-order valence-electron chi connectivity index (χ1n) is 6.05. The van der Waals surface area contributed by atoms with Crippen molar-refractivity contribution >= 4 is 55.2 Å². The molecule has 0 aliphatic carbocycles. The maximum Gasteiger partial charge on any atom is 0.269 e. The third kappa shape index (κ3) is 2.35. The summed E-state index contributed by atoms with van der Waals surface area (Å²) < 4.78 is 27.4. The second-order valence-corrected chi connectivity index (χ2v) is 7.90. The first-order chi connectivity index (χ1) is 9.93. The Morgan fingerprint density at radius 1 is 1.24 bits per heavy atom. The lowest BCUT2D eigenvalue weighted by molar-refractivity contribution is 0.588. The van der Waals surface area contributed by atoms with Gasteiger partial charge in [-0.3, -0.25) is 0 Å². The van der Waals surface area contributed by atoms with Crippen LogP contribution in [0.15, 0.2) is 47.6 Å². The molecular formula is C14H10ClIN2O2S. The molecule has 0 saturated heterocycles. The molecular weight excluding hydrogens is 423 g/mol. The molecule has 0 aliphatic rings. The van der Waals surface area contributed by atoms with Crippen molar-refractivity contribution in [3.05, 3.63) is 56.9 Å². The van der Waals surface area contributed by atoms with Gasteiger partial charge in [-0.1, -0.05) is 29.8 Å². The molecule has 3 aromatic rings. The van der Waals surface area contributed by atoms with Gasteiger partial charge in [0.15, 0.2) is 5.65 Å². The van der Waals surface area contributed by atoms with E-state index in [1.54, 1.807) is 42.7 Å². The molecule has 0 saturated carbocycles. The molecule has 0 bridgehead atoms. The SMILES string of the molecule is Cc1cnc2c(c(I)cn2S(=O)(=O)c2ccccc2)c1Cl. The second-order valence-electron chi connectivity index (χ2n) is 4.54. The zero-order valence-electron chi connectivity index (χ0n) is 10.9. The number of aryl methyl sites for hydroxylation is 1. The summed E-state index contributed by atoms with van der Waals surface area (Å²) in [6, 6.07) is 8.27. The van der Waals surface area contributed by atoms with E-state index in [-0.39, 0.29) is 4.90 Å². The van der Waals surface area contributed by atoms with Crippen LogP contribution in [0.4, 0.5) is 0 Å². The van der Waals surface area contributed by atoms with E-state index in [4.69, 9.17) is 11.6 Å². The normalized spacial score (nSPS) is 12.0. The molecule has 0 radical (unpaired) electrons. The van der Waals surface area contributed by atoms with Gasteiger partial charge in [-0.05, 0) is 47.2 Å². The van der Waals surface area contributed by atoms with Crippen LogP contribution in [0.5, 0.6) is 0 Å². The van der Waals surface area contributed by atoms with Gasteiger partial charge in [0.25, 0.3) is 10.0 Å². The maximum atomic E-state index is 12.7. The van der Waals surface area contributed by atoms with Crippen LogP contribution >= 0.6 is 34.2 Å². The van der Waals surface area contributed by atoms with Crippen LogP contribution in [0.1, 0.15) is 5.56 Å². The second kappa shape index (κ2) is 5.26. The molecule has 21 heavy (non-hydrogen) atoms. The van der Waals surface area contributed by atoms with Crippen LogP contribution in [0.25, 0.3) is 11.0 Å². The molecule has 1 aromatic carbocycles. The molecule has 7 heteroatoms. The van der Waals surface area contributed by atoms with Crippen LogP contribution in [0, 0.1) is 10.5 Å². The standard InChI is InChI=1S/C14H10ClIN2O2S/c1-9-7-17-14-12(13(9)15)11(16)8-18(14)21(19,20)10-5-3-2-4-6-10/h2-8H,1H3. The van der Waals surface area contributed by atoms with Crippen LogP contribution < -0.4 is 0 Å². The summed E-state index contributed by atoms with van der Waals surface area (Å²) in [5, 5.41) is 1.20. The van der Waals surface area contributed by atoms with Crippen molar-refractivity contribution in [3.63, 3.8) is 0 Å². The third-order valence-electron chi connectivity index (χ3n) is 3.15. The molecule has 0 unspecified atom stereocenters. The van der Waals surface area contributed by atoms with Crippen molar-refractivity contribution in [2.45, 2.75) is 11.8 Å². The Labute approximate surface area is 140 Å². The Balaban J connectivity index is 2.35. The molecule has 108 valence electrons. The molecule has 0 fully saturated rings. The minimum absolute atomic E-state index is 0.219. The summed E-state index contributed by atoms with van der Waals surface area (Å²) in [6.07, 6.45) is 3.13. The average Bonchev–Trinajstić information content (AvgIpc) is 2.82. The number of nitrogens with zero attached hydrogens (tertiary/aromatic N) is 2. The van der Waals surface area contributed by atoms with Gasteiger partial charge in [0.05, 0.1) is 15.3 Å². The summed E-state index contributed by atoms with van der Waals surface area (Å²) in [5.41, 5.74) is 1.16. The van der Waals surface area contributed by atoms with Crippen molar-refractivity contribution in [1.29, 1.82) is 0 Å². The molecule has 0 atom stereocenters. The summed E-state index contributed by atoms with van der Waals surface area (Å²) in [6.45, 7) is 1.84. The van der Waals surface area contributed by atoms with Gasteiger partial charge in [-0.2, -0.15) is 0 Å². The minimum atomic E-state index is -3.68. The van der Waals surface area contributed by atoms with Crippen molar-refractivity contribution < 1.29 is 8.42 Å². The molecule has 4 nitrogen and oxygen atoms in total. The maximum absolute atomic E-state index is 12.7. The number of benzene rings is 1. The molecule has 0 amide bonds. The van der Waals surface area contributed by atoms with E-state index in [1.165, 1.54) is 3.97 Å². The van der Waals surface area contributed by atoms with Crippen molar-refractivity contribution in [3.8, 4) is 0 Å². The summed E-state index contributed by atoms with van der Waals surface area (Å²) >= 11 is 8.36. The minimum Gasteiger partial charge on any atom is -0.237 e. The molecule has 2 heterocycles. The summed E-state index contributed by atoms with van der Waals surface area (Å²) in [7, 11) is -3.68. The van der Waals surface area contributed by atoms with E-state index in [0.717, 1.165) is 9.13 Å². The smallest absolute Gasteiger partial charge is 0.237 e. The van der Waals surface area contributed by atoms with E-state index in [9.17, 15) is 8.42 Å². The Kier molecular flexibility index (Phi) is 3.71. The van der Waals surface area contributed by atoms with Gasteiger partial charge < -0.3 is 0 Å². The number of rotatable bonds is 2. The topological polar surface area (TPSA) is 52.0 Å². The first kappa shape index (κ1) is 14.8. The van der Waals surface area contributed by atoms with Crippen LogP contribution in [-0.2, 0) is 10.0 Å². The Morgan fingerprint density at radius 3 is 2.57 bits per heavy atom. The fourth-order valence-electron chi connectivity index (χ4n) is 2.07.